The fourth-order valence-corrected chi connectivity index (χ4v) is 4.69. The highest BCUT2D eigenvalue weighted by Crippen LogP contribution is 2.19. The minimum Gasteiger partial charge on any atom is -0.308 e. The summed E-state index contributed by atoms with van der Waals surface area (Å²) in [5.41, 5.74) is 2.38. The third kappa shape index (κ3) is 5.64. The minimum absolute atomic E-state index is 0.0319. The van der Waals surface area contributed by atoms with E-state index in [1.807, 2.05) is 30.3 Å². The van der Waals surface area contributed by atoms with E-state index in [-0.39, 0.29) is 5.54 Å². The lowest BCUT2D eigenvalue weighted by molar-refractivity contribution is 0.181. The molecule has 5 nitrogen and oxygen atoms in total. The molecule has 0 bridgehead atoms. The Kier molecular flexibility index (Phi) is 6.55. The molecule has 1 aliphatic rings. The van der Waals surface area contributed by atoms with Gasteiger partial charge in [0.05, 0.1) is 4.90 Å². The molecule has 1 fully saturated rings. The standard InChI is InChI=1S/C22H31N3O2S/c1-22(2,3)23-17-19-9-11-21(12-10-19)28(26,27)25-15-13-24(14-16-25)18-20-7-5-4-6-8-20/h4-12,23H,13-18H2,1-3H3. The van der Waals surface area contributed by atoms with Crippen LogP contribution in [-0.2, 0) is 23.1 Å². The number of hydrogen-bond donors (Lipinski definition) is 1. The van der Waals surface area contributed by atoms with Gasteiger partial charge in [-0.15, -0.1) is 0 Å². The molecule has 0 amide bonds. The first kappa shape index (κ1) is 21.0. The maximum absolute atomic E-state index is 13.0. The highest BCUT2D eigenvalue weighted by molar-refractivity contribution is 7.89. The Labute approximate surface area is 169 Å². The van der Waals surface area contributed by atoms with E-state index in [0.29, 0.717) is 18.0 Å². The molecule has 0 atom stereocenters. The van der Waals surface area contributed by atoms with E-state index < -0.39 is 10.0 Å². The van der Waals surface area contributed by atoms with Crippen LogP contribution in [0.5, 0.6) is 0 Å². The third-order valence-corrected chi connectivity index (χ3v) is 6.88. The Bertz CT molecular complexity index is 851. The molecule has 1 N–H and O–H groups in total. The van der Waals surface area contributed by atoms with E-state index in [1.165, 1.54) is 5.56 Å². The van der Waals surface area contributed by atoms with Gasteiger partial charge < -0.3 is 5.32 Å². The van der Waals surface area contributed by atoms with Gasteiger partial charge in [-0.25, -0.2) is 8.42 Å². The topological polar surface area (TPSA) is 52.7 Å². The number of hydrogen-bond acceptors (Lipinski definition) is 4. The van der Waals surface area contributed by atoms with Gasteiger partial charge in [0, 0.05) is 44.8 Å². The van der Waals surface area contributed by atoms with E-state index in [1.54, 1.807) is 16.4 Å². The van der Waals surface area contributed by atoms with Crippen LogP contribution in [0.15, 0.2) is 59.5 Å². The molecule has 28 heavy (non-hydrogen) atoms. The molecular formula is C22H31N3O2S. The lowest BCUT2D eigenvalue weighted by Gasteiger charge is -2.34. The van der Waals surface area contributed by atoms with Crippen molar-refractivity contribution in [2.45, 2.75) is 44.3 Å². The molecule has 0 saturated carbocycles. The molecule has 2 aromatic rings. The Morgan fingerprint density at radius 2 is 1.46 bits per heavy atom. The van der Waals surface area contributed by atoms with E-state index in [0.717, 1.165) is 31.7 Å². The molecule has 3 rings (SSSR count). The smallest absolute Gasteiger partial charge is 0.243 e. The van der Waals surface area contributed by atoms with Gasteiger partial charge in [0.1, 0.15) is 0 Å². The van der Waals surface area contributed by atoms with Crippen molar-refractivity contribution in [3.8, 4) is 0 Å². The fraction of sp³-hybridized carbons (Fsp3) is 0.455. The molecule has 0 radical (unpaired) electrons. The van der Waals surface area contributed by atoms with Gasteiger partial charge in [0.15, 0.2) is 0 Å². The Morgan fingerprint density at radius 3 is 2.04 bits per heavy atom. The molecule has 0 spiro atoms. The van der Waals surface area contributed by atoms with Crippen LogP contribution in [0, 0.1) is 0 Å². The van der Waals surface area contributed by atoms with E-state index >= 15 is 0 Å². The third-order valence-electron chi connectivity index (χ3n) is 4.96. The maximum Gasteiger partial charge on any atom is 0.243 e. The quantitative estimate of drug-likeness (QED) is 0.808. The SMILES string of the molecule is CC(C)(C)NCc1ccc(S(=O)(=O)N2CCN(Cc3ccccc3)CC2)cc1. The van der Waals surface area contributed by atoms with Crippen molar-refractivity contribution < 1.29 is 8.42 Å². The van der Waals surface area contributed by atoms with Gasteiger partial charge in [0.2, 0.25) is 10.0 Å². The summed E-state index contributed by atoms with van der Waals surface area (Å²) in [7, 11) is -3.43. The highest BCUT2D eigenvalue weighted by atomic mass is 32.2. The van der Waals surface area contributed by atoms with Crippen molar-refractivity contribution in [2.75, 3.05) is 26.2 Å². The summed E-state index contributed by atoms with van der Waals surface area (Å²) in [5.74, 6) is 0. The average Bonchev–Trinajstić information content (AvgIpc) is 2.67. The van der Waals surface area contributed by atoms with Crippen LogP contribution in [-0.4, -0.2) is 49.3 Å². The Balaban J connectivity index is 1.57. The Morgan fingerprint density at radius 1 is 0.857 bits per heavy atom. The van der Waals surface area contributed by atoms with Crippen LogP contribution >= 0.6 is 0 Å². The first-order valence-corrected chi connectivity index (χ1v) is 11.3. The molecule has 152 valence electrons. The number of piperazine rings is 1. The van der Waals surface area contributed by atoms with Gasteiger partial charge in [-0.2, -0.15) is 4.31 Å². The normalized spacial score (nSPS) is 17.0. The number of rotatable bonds is 6. The van der Waals surface area contributed by atoms with E-state index in [2.05, 4.69) is 43.1 Å². The predicted octanol–water partition coefficient (Wildman–Crippen LogP) is 3.08. The van der Waals surface area contributed by atoms with Crippen LogP contribution in [0.3, 0.4) is 0 Å². The molecule has 0 unspecified atom stereocenters. The summed E-state index contributed by atoms with van der Waals surface area (Å²) < 4.78 is 27.6. The number of nitrogens with zero attached hydrogens (tertiary/aromatic N) is 2. The summed E-state index contributed by atoms with van der Waals surface area (Å²) in [4.78, 5) is 2.69. The van der Waals surface area contributed by atoms with E-state index in [4.69, 9.17) is 0 Å². The van der Waals surface area contributed by atoms with Crippen LogP contribution < -0.4 is 5.32 Å². The molecule has 6 heteroatoms. The van der Waals surface area contributed by atoms with Gasteiger partial charge in [0.25, 0.3) is 0 Å². The minimum atomic E-state index is -3.43. The van der Waals surface area contributed by atoms with Gasteiger partial charge in [-0.3, -0.25) is 4.90 Å². The van der Waals surface area contributed by atoms with Crippen molar-refractivity contribution in [3.63, 3.8) is 0 Å². The zero-order chi connectivity index (χ0) is 20.2. The first-order chi connectivity index (χ1) is 13.2. The van der Waals surface area contributed by atoms with Gasteiger partial charge in [-0.1, -0.05) is 42.5 Å². The van der Waals surface area contributed by atoms with Crippen LogP contribution in [0.4, 0.5) is 0 Å². The van der Waals surface area contributed by atoms with E-state index in [9.17, 15) is 8.42 Å². The predicted molar refractivity (Wildman–Crippen MR) is 114 cm³/mol. The van der Waals surface area contributed by atoms with Crippen molar-refractivity contribution in [3.05, 3.63) is 65.7 Å². The lowest BCUT2D eigenvalue weighted by Crippen LogP contribution is -2.48. The largest absolute Gasteiger partial charge is 0.308 e. The molecule has 1 aliphatic heterocycles. The molecule has 1 heterocycles. The summed E-state index contributed by atoms with van der Waals surface area (Å²) >= 11 is 0. The summed E-state index contributed by atoms with van der Waals surface area (Å²) in [6, 6.07) is 17.6. The maximum atomic E-state index is 13.0. The highest BCUT2D eigenvalue weighted by Gasteiger charge is 2.28. The van der Waals surface area contributed by atoms with Crippen molar-refractivity contribution in [1.82, 2.24) is 14.5 Å². The number of sulfonamides is 1. The monoisotopic (exact) mass is 401 g/mol. The molecule has 1 saturated heterocycles. The Hall–Kier alpha value is -1.73. The average molecular weight is 402 g/mol. The van der Waals surface area contributed by atoms with Crippen molar-refractivity contribution >= 4 is 10.0 Å². The van der Waals surface area contributed by atoms with Crippen molar-refractivity contribution in [2.24, 2.45) is 0 Å². The lowest BCUT2D eigenvalue weighted by atomic mass is 10.1. The zero-order valence-electron chi connectivity index (χ0n) is 17.1. The van der Waals surface area contributed by atoms with Crippen molar-refractivity contribution in [1.29, 1.82) is 0 Å². The summed E-state index contributed by atoms with van der Waals surface area (Å²) in [6.07, 6.45) is 0. The second-order valence-corrected chi connectivity index (χ2v) is 10.4. The van der Waals surface area contributed by atoms with Crippen LogP contribution in [0.2, 0.25) is 0 Å². The van der Waals surface area contributed by atoms with Gasteiger partial charge >= 0.3 is 0 Å². The first-order valence-electron chi connectivity index (χ1n) is 9.84. The zero-order valence-corrected chi connectivity index (χ0v) is 17.9. The fourth-order valence-electron chi connectivity index (χ4n) is 3.27. The second kappa shape index (κ2) is 8.74. The molecule has 0 aromatic heterocycles. The van der Waals surface area contributed by atoms with Crippen LogP contribution in [0.25, 0.3) is 0 Å². The number of benzene rings is 2. The molecule has 0 aliphatic carbocycles. The molecular weight excluding hydrogens is 370 g/mol. The summed E-state index contributed by atoms with van der Waals surface area (Å²) in [6.45, 7) is 10.5. The van der Waals surface area contributed by atoms with Gasteiger partial charge in [-0.05, 0) is 44.0 Å². The van der Waals surface area contributed by atoms with Crippen LogP contribution in [0.1, 0.15) is 31.9 Å². The summed E-state index contributed by atoms with van der Waals surface area (Å²) in [5, 5.41) is 3.42. The molecule has 2 aromatic carbocycles. The number of nitrogens with one attached hydrogen (secondary N) is 1. The second-order valence-electron chi connectivity index (χ2n) is 8.41.